The van der Waals surface area contributed by atoms with Gasteiger partial charge in [-0.1, -0.05) is 0 Å². The molecule has 0 N–H and O–H groups in total. The second-order valence-corrected chi connectivity index (χ2v) is 18.5. The summed E-state index contributed by atoms with van der Waals surface area (Å²) in [5.41, 5.74) is 0. The van der Waals surface area contributed by atoms with Crippen molar-refractivity contribution in [2.45, 2.75) is 64.7 Å². The zero-order valence-corrected chi connectivity index (χ0v) is 23.6. The Morgan fingerprint density at radius 3 is 1.31 bits per heavy atom. The zero-order valence-electron chi connectivity index (χ0n) is 21.1. The topological polar surface area (TPSA) is 26.3 Å². The summed E-state index contributed by atoms with van der Waals surface area (Å²) in [5.74, 6) is -0.172. The molecule has 0 bridgehead atoms. The van der Waals surface area contributed by atoms with Gasteiger partial charge in [-0.2, -0.15) is 0 Å². The third-order valence-electron chi connectivity index (χ3n) is 6.91. The van der Waals surface area contributed by atoms with Gasteiger partial charge in [-0.15, -0.1) is 0 Å². The molecule has 0 saturated heterocycles. The fraction of sp³-hybridized carbons (Fsp3) is 0.387. The molecule has 0 amide bonds. The van der Waals surface area contributed by atoms with Gasteiger partial charge in [-0.25, -0.2) is 0 Å². The minimum absolute atomic E-state index is 0.172. The van der Waals surface area contributed by atoms with Crippen LogP contribution < -0.4 is 15.9 Å². The molecule has 0 aliphatic heterocycles. The third kappa shape index (κ3) is 7.28. The van der Waals surface area contributed by atoms with Gasteiger partial charge in [0.05, 0.1) is 0 Å². The summed E-state index contributed by atoms with van der Waals surface area (Å²) in [6, 6.07) is 33.3. The molecule has 3 aromatic carbocycles. The van der Waals surface area contributed by atoms with E-state index < -0.39 is 5.31 Å². The van der Waals surface area contributed by atoms with Crippen LogP contribution in [0.4, 0.5) is 0 Å². The first-order chi connectivity index (χ1) is 17.1. The van der Waals surface area contributed by atoms with Gasteiger partial charge in [-0.3, -0.25) is 4.79 Å². The molecule has 0 unspecified atom stereocenters. The molecule has 0 radical (unpaired) electrons. The van der Waals surface area contributed by atoms with E-state index in [0.717, 1.165) is 19.0 Å². The third-order valence-corrected chi connectivity index (χ3v) is 16.9. The number of hydrogen-bond acceptors (Lipinski definition) is 2. The monoisotopic (exact) mass is 554 g/mol. The molecule has 0 spiro atoms. The van der Waals surface area contributed by atoms with Crippen molar-refractivity contribution >= 4 is 42.7 Å². The van der Waals surface area contributed by atoms with Gasteiger partial charge >= 0.3 is 209 Å². The van der Waals surface area contributed by atoms with Crippen molar-refractivity contribution in [2.75, 3.05) is 12.8 Å². The Balaban J connectivity index is 1.62. The van der Waals surface area contributed by atoms with Crippen molar-refractivity contribution in [2.24, 2.45) is 0 Å². The number of ether oxygens (including phenoxy) is 1. The maximum absolute atomic E-state index is 10.8. The summed E-state index contributed by atoms with van der Waals surface area (Å²) in [7, 11) is 0. The number of unbranched alkanes of at least 4 members (excludes halogenated alkanes) is 8. The summed E-state index contributed by atoms with van der Waals surface area (Å²) in [5, 5.41) is 1.46. The Morgan fingerprint density at radius 1 is 0.600 bits per heavy atom. The van der Waals surface area contributed by atoms with Crippen LogP contribution in [0.2, 0.25) is 0 Å². The van der Waals surface area contributed by atoms with E-state index in [1.807, 2.05) is 0 Å². The molecule has 2 nitrogen and oxygen atoms in total. The minimum atomic E-state index is -2.76. The average Bonchev–Trinajstić information content (AvgIpc) is 2.90. The van der Waals surface area contributed by atoms with E-state index in [1.54, 1.807) is 0 Å². The van der Waals surface area contributed by atoms with Gasteiger partial charge in [0.2, 0.25) is 0 Å². The van der Waals surface area contributed by atoms with E-state index >= 15 is 0 Å². The van der Waals surface area contributed by atoms with Crippen LogP contribution in [0.1, 0.15) is 64.7 Å². The fourth-order valence-corrected chi connectivity index (χ4v) is 12.8. The van der Waals surface area contributed by atoms with E-state index in [9.17, 15) is 4.79 Å². The van der Waals surface area contributed by atoms with Crippen molar-refractivity contribution in [1.82, 2.24) is 0 Å². The Bertz CT molecular complexity index is 909. The van der Waals surface area contributed by atoms with Crippen molar-refractivity contribution < 1.29 is 9.53 Å². The van der Waals surface area contributed by atoms with Crippen LogP contribution in [0.5, 0.6) is 0 Å². The first-order valence-corrected chi connectivity index (χ1v) is 17.5. The SMILES string of the molecule is CC(=O)OCCCCCCCCCCCP(Br)(c1ccccc1)(c1ccccc1)c1ccccc1. The fourth-order valence-electron chi connectivity index (χ4n) is 5.02. The zero-order chi connectivity index (χ0) is 24.8. The number of benzene rings is 3. The standard InChI is InChI=1S/C31H40BrO2P/c1-28(33)34-26-18-7-5-3-2-4-6-8-19-27-35(32,29-20-12-9-13-21-29,30-22-14-10-15-23-30)31-24-16-11-17-25-31/h9-17,20-25H,2-8,18-19,26-27H2,1H3. The van der Waals surface area contributed by atoms with E-state index in [4.69, 9.17) is 4.74 Å². The van der Waals surface area contributed by atoms with Crippen LogP contribution >= 0.6 is 20.8 Å². The number of hydrogen-bond donors (Lipinski definition) is 0. The molecular weight excluding hydrogens is 515 g/mol. The van der Waals surface area contributed by atoms with E-state index in [2.05, 4.69) is 106 Å². The Labute approximate surface area is 220 Å². The van der Waals surface area contributed by atoms with Crippen LogP contribution in [0.3, 0.4) is 0 Å². The van der Waals surface area contributed by atoms with Gasteiger partial charge < -0.3 is 0 Å². The average molecular weight is 556 g/mol. The molecule has 0 aliphatic rings. The molecular formula is C31H40BrO2P. The molecule has 35 heavy (non-hydrogen) atoms. The van der Waals surface area contributed by atoms with E-state index in [-0.39, 0.29) is 5.97 Å². The molecule has 3 rings (SSSR count). The maximum atomic E-state index is 10.8. The van der Waals surface area contributed by atoms with Crippen LogP contribution in [-0.4, -0.2) is 18.7 Å². The number of esters is 1. The Kier molecular flexibility index (Phi) is 11.0. The molecule has 188 valence electrons. The quantitative estimate of drug-likeness (QED) is 0.108. The van der Waals surface area contributed by atoms with Crippen LogP contribution in [0.15, 0.2) is 91.0 Å². The molecule has 0 aliphatic carbocycles. The van der Waals surface area contributed by atoms with Gasteiger partial charge in [-0.05, 0) is 0 Å². The Hall–Kier alpha value is -1.96. The molecule has 0 heterocycles. The summed E-state index contributed by atoms with van der Waals surface area (Å²) in [6.45, 7) is 2.04. The predicted molar refractivity (Wildman–Crippen MR) is 157 cm³/mol. The Morgan fingerprint density at radius 2 is 0.943 bits per heavy atom. The molecule has 0 aromatic heterocycles. The molecule has 3 aromatic rings. The molecule has 0 saturated carbocycles. The normalized spacial score (nSPS) is 12.6. The first-order valence-electron chi connectivity index (χ1n) is 13.1. The summed E-state index contributed by atoms with van der Waals surface area (Å²) < 4.78 is 5.01. The summed E-state index contributed by atoms with van der Waals surface area (Å²) in [4.78, 5) is 10.8. The van der Waals surface area contributed by atoms with Gasteiger partial charge in [0.25, 0.3) is 0 Å². The van der Waals surface area contributed by atoms with Crippen molar-refractivity contribution in [1.29, 1.82) is 0 Å². The molecule has 0 atom stereocenters. The van der Waals surface area contributed by atoms with Crippen LogP contribution in [-0.2, 0) is 9.53 Å². The molecule has 4 heteroatoms. The van der Waals surface area contributed by atoms with E-state index in [1.165, 1.54) is 67.8 Å². The predicted octanol–water partition coefficient (Wildman–Crippen LogP) is 7.90. The number of rotatable bonds is 15. The first kappa shape index (κ1) is 27.6. The number of halogens is 1. The van der Waals surface area contributed by atoms with Crippen molar-refractivity contribution in [3.63, 3.8) is 0 Å². The van der Waals surface area contributed by atoms with Crippen LogP contribution in [0, 0.1) is 0 Å². The van der Waals surface area contributed by atoms with Crippen LogP contribution in [0.25, 0.3) is 0 Å². The van der Waals surface area contributed by atoms with Crippen molar-refractivity contribution in [3.05, 3.63) is 91.0 Å². The number of carbonyl (C=O) groups is 1. The summed E-state index contributed by atoms with van der Waals surface area (Å²) in [6.07, 6.45) is 12.1. The molecule has 0 fully saturated rings. The van der Waals surface area contributed by atoms with E-state index in [0.29, 0.717) is 6.61 Å². The van der Waals surface area contributed by atoms with Gasteiger partial charge in [0.15, 0.2) is 0 Å². The van der Waals surface area contributed by atoms with Gasteiger partial charge in [0.1, 0.15) is 0 Å². The summed E-state index contributed by atoms with van der Waals surface area (Å²) >= 11 is 4.55. The van der Waals surface area contributed by atoms with Gasteiger partial charge in [0, 0.05) is 6.92 Å². The second kappa shape index (κ2) is 14.0. The van der Waals surface area contributed by atoms with Crippen molar-refractivity contribution in [3.8, 4) is 0 Å². The second-order valence-electron chi connectivity index (χ2n) is 9.44. The number of carbonyl (C=O) groups excluding carboxylic acids is 1.